The fourth-order valence-corrected chi connectivity index (χ4v) is 10.7. The second-order valence-electron chi connectivity index (χ2n) is 26.2. The van der Waals surface area contributed by atoms with E-state index in [9.17, 15) is 48.3 Å². The minimum absolute atomic E-state index is 0.134. The molecule has 0 aromatic rings. The van der Waals surface area contributed by atoms with Gasteiger partial charge >= 0.3 is 0 Å². The number of hydrogen-bond acceptors (Lipinski definition) is 12. The molecule has 0 spiro atoms. The van der Waals surface area contributed by atoms with Crippen LogP contribution in [-0.2, 0) is 52.7 Å². The van der Waals surface area contributed by atoms with Crippen LogP contribution in [0.25, 0.3) is 0 Å². The zero-order chi connectivity index (χ0) is 66.7. The summed E-state index contributed by atoms with van der Waals surface area (Å²) in [4.78, 5) is 169. The standard InChI is InChI=1S/C63H111N11O12/c1-25-27-29-41(15)53(76)52-57(80)66-44(28-26-2)59(82)68(18)34-49(75)69(19)45(30-35(3)4)56(79)67-50(39(11)12)62(85)70(20)46(31-36(5)6)55(78)64-42(16)54(77)65-43(17)58(81)71(21)47(32-37(7)8)60(83)72(22)48(33-38(9)10)61(84)73(23)51(40(13)14)63(86)74(52)24/h25-27,35-48,50-53,76H,2,28-34H2,1,3-24H3,(H,64,78)(H,65,77)(H,66,80)(H,67,79). The minimum atomic E-state index is -1.64. The zero-order valence-corrected chi connectivity index (χ0v) is 56.3. The summed E-state index contributed by atoms with van der Waals surface area (Å²) >= 11 is 0. The van der Waals surface area contributed by atoms with Gasteiger partial charge in [-0.25, -0.2) is 0 Å². The average molecular weight is 1210 g/mol. The monoisotopic (exact) mass is 1210 g/mol. The van der Waals surface area contributed by atoms with E-state index in [4.69, 9.17) is 0 Å². The molecule has 1 aliphatic heterocycles. The molecule has 12 atom stereocenters. The number of nitrogens with zero attached hydrogens (tertiary/aromatic N) is 7. The number of nitrogens with one attached hydrogen (secondary N) is 4. The SMILES string of the molecule is C=CCC1NC(=O)C(C(O)C(C)CC=CC)N(C)C(=O)C(C(C)C)N(C)C(=O)C(CC(C)C)N(C)C(=O)C(CC(C)C)N(C)C(=O)C(C)NC(=O)C(C)NC(=O)C(CC(C)C)N(C)C(=O)C(C(C)C)NC(=O)C(CC(C)C)N(C)C(=O)CN(C)C1=O. The number of hydrogen-bond donors (Lipinski definition) is 5. The number of rotatable bonds is 16. The van der Waals surface area contributed by atoms with E-state index in [1.165, 1.54) is 93.8 Å². The second kappa shape index (κ2) is 35.4. The summed E-state index contributed by atoms with van der Waals surface area (Å²) in [6.07, 6.45) is 4.18. The topological polar surface area (TPSA) is 279 Å². The van der Waals surface area contributed by atoms with E-state index in [0.29, 0.717) is 6.42 Å². The van der Waals surface area contributed by atoms with Gasteiger partial charge in [-0.15, -0.1) is 6.58 Å². The highest BCUT2D eigenvalue weighted by Gasteiger charge is 2.46. The van der Waals surface area contributed by atoms with Crippen molar-refractivity contribution in [1.82, 2.24) is 55.6 Å². The molecule has 11 amide bonds. The van der Waals surface area contributed by atoms with Crippen LogP contribution < -0.4 is 21.3 Å². The maximum atomic E-state index is 15.2. The molecule has 0 aromatic heterocycles. The Hall–Kier alpha value is -6.39. The number of likely N-dealkylation sites (N-methyl/N-ethyl adjacent to an activating group) is 7. The van der Waals surface area contributed by atoms with Crippen LogP contribution in [0.1, 0.15) is 149 Å². The molecule has 0 aromatic carbocycles. The highest BCUT2D eigenvalue weighted by molar-refractivity contribution is 5.99. The Morgan fingerprint density at radius 2 is 0.895 bits per heavy atom. The Bertz CT molecular complexity index is 2380. The lowest BCUT2D eigenvalue weighted by Crippen LogP contribution is -2.63. The first kappa shape index (κ1) is 77.6. The van der Waals surface area contributed by atoms with Crippen LogP contribution in [0.15, 0.2) is 24.8 Å². The molecule has 0 bridgehead atoms. The first-order chi connectivity index (χ1) is 39.7. The van der Waals surface area contributed by atoms with Gasteiger partial charge < -0.3 is 60.7 Å². The smallest absolute Gasteiger partial charge is 0.246 e. The Morgan fingerprint density at radius 3 is 1.35 bits per heavy atom. The molecular formula is C63H111N11O12. The summed E-state index contributed by atoms with van der Waals surface area (Å²) in [6, 6.07) is -12.5. The summed E-state index contributed by atoms with van der Waals surface area (Å²) in [6.45, 7) is 31.4. The lowest BCUT2D eigenvalue weighted by Gasteiger charge is -2.41. The van der Waals surface area contributed by atoms with Crippen molar-refractivity contribution in [2.45, 2.75) is 216 Å². The third kappa shape index (κ3) is 21.8. The van der Waals surface area contributed by atoms with Crippen molar-refractivity contribution in [3.05, 3.63) is 24.8 Å². The van der Waals surface area contributed by atoms with E-state index in [0.717, 1.165) is 9.80 Å². The van der Waals surface area contributed by atoms with E-state index < -0.39 is 156 Å². The van der Waals surface area contributed by atoms with Gasteiger partial charge in [-0.3, -0.25) is 52.7 Å². The largest absolute Gasteiger partial charge is 0.390 e. The molecule has 1 saturated heterocycles. The van der Waals surface area contributed by atoms with Gasteiger partial charge in [0.15, 0.2) is 0 Å². The van der Waals surface area contributed by atoms with Crippen LogP contribution in [0.2, 0.25) is 0 Å². The molecule has 1 heterocycles. The fraction of sp³-hybridized carbons (Fsp3) is 0.762. The van der Waals surface area contributed by atoms with Crippen LogP contribution in [0.4, 0.5) is 0 Å². The highest BCUT2D eigenvalue weighted by Crippen LogP contribution is 2.26. The summed E-state index contributed by atoms with van der Waals surface area (Å²) < 4.78 is 0. The molecule has 5 N–H and O–H groups in total. The molecule has 23 heteroatoms. The van der Waals surface area contributed by atoms with Gasteiger partial charge in [-0.1, -0.05) is 108 Å². The average Bonchev–Trinajstić information content (AvgIpc) is 3.49. The van der Waals surface area contributed by atoms with Crippen LogP contribution >= 0.6 is 0 Å². The molecular weight excluding hydrogens is 1100 g/mol. The van der Waals surface area contributed by atoms with Crippen molar-refractivity contribution in [3.8, 4) is 0 Å². The predicted molar refractivity (Wildman–Crippen MR) is 333 cm³/mol. The van der Waals surface area contributed by atoms with E-state index >= 15 is 9.59 Å². The van der Waals surface area contributed by atoms with Crippen molar-refractivity contribution in [3.63, 3.8) is 0 Å². The van der Waals surface area contributed by atoms with Crippen molar-refractivity contribution in [1.29, 1.82) is 0 Å². The normalized spacial score (nSPS) is 26.7. The molecule has 490 valence electrons. The van der Waals surface area contributed by atoms with Gasteiger partial charge in [0.1, 0.15) is 60.4 Å². The Kier molecular flexibility index (Phi) is 32.0. The first-order valence-electron chi connectivity index (χ1n) is 30.7. The molecule has 0 saturated carbocycles. The van der Waals surface area contributed by atoms with E-state index in [2.05, 4.69) is 27.8 Å². The fourth-order valence-electron chi connectivity index (χ4n) is 10.7. The van der Waals surface area contributed by atoms with Crippen LogP contribution in [-0.4, -0.2) is 227 Å². The van der Waals surface area contributed by atoms with Crippen LogP contribution in [0, 0.1) is 41.4 Å². The van der Waals surface area contributed by atoms with Crippen molar-refractivity contribution in [2.24, 2.45) is 41.4 Å². The van der Waals surface area contributed by atoms with Crippen LogP contribution in [0.3, 0.4) is 0 Å². The molecule has 0 aliphatic carbocycles. The quantitative estimate of drug-likeness (QED) is 0.139. The molecule has 1 fully saturated rings. The third-order valence-corrected chi connectivity index (χ3v) is 16.1. The Morgan fingerprint density at radius 1 is 0.477 bits per heavy atom. The zero-order valence-electron chi connectivity index (χ0n) is 56.3. The van der Waals surface area contributed by atoms with E-state index in [1.807, 2.05) is 55.4 Å². The summed E-state index contributed by atoms with van der Waals surface area (Å²) in [7, 11) is 9.85. The van der Waals surface area contributed by atoms with Gasteiger partial charge in [0, 0.05) is 49.3 Å². The molecule has 1 rings (SSSR count). The van der Waals surface area contributed by atoms with E-state index in [1.54, 1.807) is 53.7 Å². The van der Waals surface area contributed by atoms with Crippen molar-refractivity contribution >= 4 is 65.0 Å². The third-order valence-electron chi connectivity index (χ3n) is 16.1. The number of aliphatic hydroxyl groups is 1. The van der Waals surface area contributed by atoms with Gasteiger partial charge in [0.2, 0.25) is 65.0 Å². The van der Waals surface area contributed by atoms with Crippen molar-refractivity contribution < 1.29 is 57.8 Å². The van der Waals surface area contributed by atoms with Crippen molar-refractivity contribution in [2.75, 3.05) is 55.9 Å². The number of aliphatic hydroxyl groups excluding tert-OH is 1. The molecule has 0 radical (unpaired) electrons. The highest BCUT2D eigenvalue weighted by atomic mass is 16.3. The van der Waals surface area contributed by atoms with E-state index in [-0.39, 0.29) is 55.8 Å². The summed E-state index contributed by atoms with van der Waals surface area (Å²) in [5, 5.41) is 23.1. The van der Waals surface area contributed by atoms with Gasteiger partial charge in [-0.05, 0) is 101 Å². The Labute approximate surface area is 514 Å². The number of carbonyl (C=O) groups is 11. The van der Waals surface area contributed by atoms with Gasteiger partial charge in [0.05, 0.1) is 12.6 Å². The van der Waals surface area contributed by atoms with Gasteiger partial charge in [0.25, 0.3) is 0 Å². The summed E-state index contributed by atoms with van der Waals surface area (Å²) in [5.74, 6) is -9.95. The molecule has 86 heavy (non-hydrogen) atoms. The molecule has 1 aliphatic rings. The maximum Gasteiger partial charge on any atom is 0.246 e. The number of allylic oxidation sites excluding steroid dienone is 2. The first-order valence-corrected chi connectivity index (χ1v) is 30.7. The molecule has 12 unspecified atom stereocenters. The lowest BCUT2D eigenvalue weighted by atomic mass is 9.91. The number of carbonyl (C=O) groups excluding carboxylic acids is 11. The van der Waals surface area contributed by atoms with Crippen LogP contribution in [0.5, 0.6) is 0 Å². The predicted octanol–water partition coefficient (Wildman–Crippen LogP) is 3.44. The number of amides is 11. The molecule has 23 nitrogen and oxygen atoms in total. The Balaban J connectivity index is 4.36. The maximum absolute atomic E-state index is 15.2. The lowest BCUT2D eigenvalue weighted by molar-refractivity contribution is -0.157. The second-order valence-corrected chi connectivity index (χ2v) is 26.2. The minimum Gasteiger partial charge on any atom is -0.390 e. The summed E-state index contributed by atoms with van der Waals surface area (Å²) in [5.41, 5.74) is 0. The van der Waals surface area contributed by atoms with Gasteiger partial charge in [-0.2, -0.15) is 0 Å².